The van der Waals surface area contributed by atoms with Crippen LogP contribution in [0.3, 0.4) is 0 Å². The Balaban J connectivity index is 1.51. The lowest BCUT2D eigenvalue weighted by Gasteiger charge is -2.28. The lowest BCUT2D eigenvalue weighted by molar-refractivity contribution is 0.0713. The summed E-state index contributed by atoms with van der Waals surface area (Å²) >= 11 is 0. The van der Waals surface area contributed by atoms with Crippen molar-refractivity contribution >= 4 is 5.91 Å². The number of rotatable bonds is 2. The van der Waals surface area contributed by atoms with Crippen molar-refractivity contribution in [1.82, 2.24) is 10.2 Å². The lowest BCUT2D eigenvalue weighted by atomic mass is 9.89. The highest BCUT2D eigenvalue weighted by molar-refractivity contribution is 5.95. The molecule has 0 aliphatic carbocycles. The molecule has 3 aliphatic heterocycles. The summed E-state index contributed by atoms with van der Waals surface area (Å²) < 4.78 is 24.5. The van der Waals surface area contributed by atoms with Crippen LogP contribution < -0.4 is 14.8 Å². The zero-order valence-corrected chi connectivity index (χ0v) is 14.2. The SMILES string of the molecule is O=C(c1ccc2c(c1)OCO2)N1C[C@@H]2CNC[C@@H]2[C@H]1c1cccc(F)c1. The fourth-order valence-corrected chi connectivity index (χ4v) is 4.44. The average Bonchev–Trinajstić information content (AvgIpc) is 3.35. The van der Waals surface area contributed by atoms with E-state index in [9.17, 15) is 9.18 Å². The summed E-state index contributed by atoms with van der Waals surface area (Å²) in [4.78, 5) is 15.2. The van der Waals surface area contributed by atoms with Crippen LogP contribution in [0.1, 0.15) is 22.0 Å². The van der Waals surface area contributed by atoms with E-state index in [0.29, 0.717) is 35.4 Å². The summed E-state index contributed by atoms with van der Waals surface area (Å²) in [6.07, 6.45) is 0. The standard InChI is InChI=1S/C20H19FN2O3/c21-15-3-1-2-12(6-15)19-16-9-22-8-14(16)10-23(19)20(24)13-4-5-17-18(7-13)26-11-25-17/h1-7,14,16,19,22H,8-11H2/t14-,16-,19+/m0/s1. The molecule has 3 aliphatic rings. The number of hydrogen-bond acceptors (Lipinski definition) is 4. The van der Waals surface area contributed by atoms with Gasteiger partial charge in [0.05, 0.1) is 6.04 Å². The van der Waals surface area contributed by atoms with Crippen LogP contribution in [-0.4, -0.2) is 37.2 Å². The Kier molecular flexibility index (Phi) is 3.60. The number of fused-ring (bicyclic) bond motifs is 2. The number of carbonyl (C=O) groups is 1. The van der Waals surface area contributed by atoms with Gasteiger partial charge in [-0.05, 0) is 41.8 Å². The van der Waals surface area contributed by atoms with E-state index >= 15 is 0 Å². The summed E-state index contributed by atoms with van der Waals surface area (Å²) in [5.74, 6) is 1.63. The summed E-state index contributed by atoms with van der Waals surface area (Å²) in [5.41, 5.74) is 1.43. The van der Waals surface area contributed by atoms with E-state index in [4.69, 9.17) is 9.47 Å². The molecule has 0 unspecified atom stereocenters. The maximum absolute atomic E-state index is 13.8. The summed E-state index contributed by atoms with van der Waals surface area (Å²) in [6.45, 7) is 2.59. The molecule has 1 amide bonds. The van der Waals surface area contributed by atoms with Crippen molar-refractivity contribution < 1.29 is 18.7 Å². The number of amides is 1. The molecular formula is C20H19FN2O3. The van der Waals surface area contributed by atoms with Gasteiger partial charge in [0, 0.05) is 31.1 Å². The summed E-state index contributed by atoms with van der Waals surface area (Å²) in [5, 5.41) is 3.40. The average molecular weight is 354 g/mol. The number of halogens is 1. The first-order valence-electron chi connectivity index (χ1n) is 8.87. The van der Waals surface area contributed by atoms with E-state index in [-0.39, 0.29) is 24.6 Å². The van der Waals surface area contributed by atoms with Crippen molar-refractivity contribution in [3.63, 3.8) is 0 Å². The molecule has 5 rings (SSSR count). The molecule has 1 N–H and O–H groups in total. The van der Waals surface area contributed by atoms with Crippen molar-refractivity contribution in [2.24, 2.45) is 11.8 Å². The Morgan fingerprint density at radius 1 is 1.12 bits per heavy atom. The molecule has 0 aromatic heterocycles. The Hall–Kier alpha value is -2.60. The minimum atomic E-state index is -0.271. The molecule has 0 radical (unpaired) electrons. The van der Waals surface area contributed by atoms with E-state index in [1.807, 2.05) is 11.0 Å². The van der Waals surface area contributed by atoms with Gasteiger partial charge in [-0.1, -0.05) is 12.1 Å². The third kappa shape index (κ3) is 2.44. The summed E-state index contributed by atoms with van der Waals surface area (Å²) in [6, 6.07) is 11.8. The Morgan fingerprint density at radius 2 is 2.00 bits per heavy atom. The number of nitrogens with one attached hydrogen (secondary N) is 1. The third-order valence-electron chi connectivity index (χ3n) is 5.64. The second-order valence-electron chi connectivity index (χ2n) is 7.11. The van der Waals surface area contributed by atoms with Gasteiger partial charge in [0.15, 0.2) is 11.5 Å². The summed E-state index contributed by atoms with van der Waals surface area (Å²) in [7, 11) is 0. The van der Waals surface area contributed by atoms with E-state index in [0.717, 1.165) is 18.7 Å². The maximum Gasteiger partial charge on any atom is 0.254 e. The van der Waals surface area contributed by atoms with Gasteiger partial charge in [-0.25, -0.2) is 4.39 Å². The topological polar surface area (TPSA) is 50.8 Å². The van der Waals surface area contributed by atoms with Gasteiger partial charge in [-0.15, -0.1) is 0 Å². The first-order chi connectivity index (χ1) is 12.7. The fraction of sp³-hybridized carbons (Fsp3) is 0.350. The first-order valence-corrected chi connectivity index (χ1v) is 8.87. The maximum atomic E-state index is 13.8. The van der Waals surface area contributed by atoms with Gasteiger partial charge in [0.1, 0.15) is 5.82 Å². The first kappa shape index (κ1) is 15.6. The van der Waals surface area contributed by atoms with Gasteiger partial charge in [0.2, 0.25) is 6.79 Å². The lowest BCUT2D eigenvalue weighted by Crippen LogP contribution is -2.34. The molecule has 5 nitrogen and oxygen atoms in total. The minimum Gasteiger partial charge on any atom is -0.454 e. The molecule has 0 spiro atoms. The van der Waals surface area contributed by atoms with Crippen LogP contribution >= 0.6 is 0 Å². The number of ether oxygens (including phenoxy) is 2. The normalized spacial score (nSPS) is 26.2. The van der Waals surface area contributed by atoms with Crippen molar-refractivity contribution in [2.45, 2.75) is 6.04 Å². The fourth-order valence-electron chi connectivity index (χ4n) is 4.44. The molecule has 0 bridgehead atoms. The van der Waals surface area contributed by atoms with Crippen LogP contribution in [0.4, 0.5) is 4.39 Å². The minimum absolute atomic E-state index is 0.0491. The molecule has 6 heteroatoms. The van der Waals surface area contributed by atoms with Crippen LogP contribution in [0, 0.1) is 17.7 Å². The van der Waals surface area contributed by atoms with Gasteiger partial charge in [-0.3, -0.25) is 4.79 Å². The second kappa shape index (κ2) is 5.99. The third-order valence-corrected chi connectivity index (χ3v) is 5.64. The molecule has 2 aromatic rings. The highest BCUT2D eigenvalue weighted by Crippen LogP contribution is 2.44. The van der Waals surface area contributed by atoms with Crippen molar-refractivity contribution in [3.05, 3.63) is 59.4 Å². The monoisotopic (exact) mass is 354 g/mol. The molecular weight excluding hydrogens is 335 g/mol. The van der Waals surface area contributed by atoms with E-state index in [2.05, 4.69) is 5.32 Å². The zero-order valence-electron chi connectivity index (χ0n) is 14.2. The van der Waals surface area contributed by atoms with Gasteiger partial charge >= 0.3 is 0 Å². The molecule has 0 saturated carbocycles. The molecule has 2 fully saturated rings. The predicted molar refractivity (Wildman–Crippen MR) is 92.6 cm³/mol. The highest BCUT2D eigenvalue weighted by atomic mass is 19.1. The van der Waals surface area contributed by atoms with Crippen molar-refractivity contribution in [2.75, 3.05) is 26.4 Å². The van der Waals surface area contributed by atoms with E-state index in [1.165, 1.54) is 6.07 Å². The molecule has 26 heavy (non-hydrogen) atoms. The van der Waals surface area contributed by atoms with E-state index in [1.54, 1.807) is 30.3 Å². The Labute approximate surface area is 150 Å². The van der Waals surface area contributed by atoms with E-state index < -0.39 is 0 Å². The smallest absolute Gasteiger partial charge is 0.254 e. The Bertz CT molecular complexity index is 872. The molecule has 3 heterocycles. The predicted octanol–water partition coefficient (Wildman–Crippen LogP) is 2.59. The van der Waals surface area contributed by atoms with Gasteiger partial charge < -0.3 is 19.7 Å². The van der Waals surface area contributed by atoms with Gasteiger partial charge in [0.25, 0.3) is 5.91 Å². The van der Waals surface area contributed by atoms with Crippen LogP contribution in [0.2, 0.25) is 0 Å². The molecule has 2 saturated heterocycles. The molecule has 2 aromatic carbocycles. The Morgan fingerprint density at radius 3 is 2.88 bits per heavy atom. The van der Waals surface area contributed by atoms with Gasteiger partial charge in [-0.2, -0.15) is 0 Å². The molecule has 134 valence electrons. The number of benzene rings is 2. The highest BCUT2D eigenvalue weighted by Gasteiger charge is 2.47. The van der Waals surface area contributed by atoms with Crippen LogP contribution in [-0.2, 0) is 0 Å². The quantitative estimate of drug-likeness (QED) is 0.901. The number of carbonyl (C=O) groups excluding carboxylic acids is 1. The number of likely N-dealkylation sites (tertiary alicyclic amines) is 1. The van der Waals surface area contributed by atoms with Crippen LogP contribution in [0.15, 0.2) is 42.5 Å². The van der Waals surface area contributed by atoms with Crippen LogP contribution in [0.5, 0.6) is 11.5 Å². The van der Waals surface area contributed by atoms with Crippen molar-refractivity contribution in [3.8, 4) is 11.5 Å². The van der Waals surface area contributed by atoms with Crippen molar-refractivity contribution in [1.29, 1.82) is 0 Å². The molecule has 3 atom stereocenters. The van der Waals surface area contributed by atoms with Crippen LogP contribution in [0.25, 0.3) is 0 Å². The number of hydrogen-bond donors (Lipinski definition) is 1. The zero-order chi connectivity index (χ0) is 17.7. The second-order valence-corrected chi connectivity index (χ2v) is 7.11. The number of nitrogens with zero attached hydrogens (tertiary/aromatic N) is 1. The largest absolute Gasteiger partial charge is 0.454 e.